The van der Waals surface area contributed by atoms with E-state index in [2.05, 4.69) is 20.8 Å². The zero-order valence-electron chi connectivity index (χ0n) is 10.7. The zero-order valence-corrected chi connectivity index (χ0v) is 10.7. The molecule has 1 atom stereocenters. The van der Waals surface area contributed by atoms with Gasteiger partial charge in [0.05, 0.1) is 0 Å². The van der Waals surface area contributed by atoms with Crippen LogP contribution in [-0.2, 0) is 0 Å². The Morgan fingerprint density at radius 1 is 1.58 bits per heavy atom. The molecule has 0 aromatic carbocycles. The molecule has 6 nitrogen and oxygen atoms in total. The smallest absolute Gasteiger partial charge is 0.251 e. The van der Waals surface area contributed by atoms with Crippen LogP contribution in [-0.4, -0.2) is 40.1 Å². The van der Waals surface area contributed by atoms with Gasteiger partial charge < -0.3 is 10.6 Å². The largest absolute Gasteiger partial charge is 0.352 e. The highest BCUT2D eigenvalue weighted by Crippen LogP contribution is 2.09. The molecule has 0 radical (unpaired) electrons. The van der Waals surface area contributed by atoms with E-state index in [1.54, 1.807) is 29.1 Å². The second kappa shape index (κ2) is 5.36. The predicted molar refractivity (Wildman–Crippen MR) is 70.9 cm³/mol. The van der Waals surface area contributed by atoms with Crippen molar-refractivity contribution in [3.05, 3.63) is 30.2 Å². The highest BCUT2D eigenvalue weighted by molar-refractivity contribution is 5.94. The van der Waals surface area contributed by atoms with E-state index in [1.807, 2.05) is 0 Å². The summed E-state index contributed by atoms with van der Waals surface area (Å²) in [6.07, 6.45) is 5.78. The summed E-state index contributed by atoms with van der Waals surface area (Å²) in [5, 5.41) is 14.1. The first-order valence-corrected chi connectivity index (χ1v) is 6.61. The normalized spacial score (nSPS) is 19.5. The third-order valence-corrected chi connectivity index (χ3v) is 3.51. The maximum atomic E-state index is 12.1. The minimum Gasteiger partial charge on any atom is -0.352 e. The maximum Gasteiger partial charge on any atom is 0.251 e. The molecule has 0 spiro atoms. The minimum absolute atomic E-state index is 0.0453. The number of fused-ring (bicyclic) bond motifs is 1. The Labute approximate surface area is 111 Å². The van der Waals surface area contributed by atoms with Crippen LogP contribution in [0.25, 0.3) is 5.65 Å². The fourth-order valence-electron chi connectivity index (χ4n) is 2.40. The SMILES string of the molecule is O=C(NCC1CCCNC1)c1ccn2cnnc2c1. The number of carbonyl (C=O) groups is 1. The minimum atomic E-state index is -0.0453. The highest BCUT2D eigenvalue weighted by atomic mass is 16.1. The maximum absolute atomic E-state index is 12.1. The van der Waals surface area contributed by atoms with Gasteiger partial charge in [-0.1, -0.05) is 0 Å². The Morgan fingerprint density at radius 3 is 3.37 bits per heavy atom. The summed E-state index contributed by atoms with van der Waals surface area (Å²) in [4.78, 5) is 12.1. The first-order chi connectivity index (χ1) is 9.33. The quantitative estimate of drug-likeness (QED) is 0.840. The van der Waals surface area contributed by atoms with Crippen LogP contribution in [0, 0.1) is 5.92 Å². The average molecular weight is 259 g/mol. The molecule has 2 N–H and O–H groups in total. The average Bonchev–Trinajstić information content (AvgIpc) is 2.93. The Morgan fingerprint density at radius 2 is 2.53 bits per heavy atom. The molecule has 1 aliphatic heterocycles. The van der Waals surface area contributed by atoms with Gasteiger partial charge in [-0.05, 0) is 44.0 Å². The van der Waals surface area contributed by atoms with Gasteiger partial charge in [-0.15, -0.1) is 10.2 Å². The van der Waals surface area contributed by atoms with Crippen LogP contribution in [0.5, 0.6) is 0 Å². The molecular weight excluding hydrogens is 242 g/mol. The van der Waals surface area contributed by atoms with Crippen molar-refractivity contribution in [2.45, 2.75) is 12.8 Å². The van der Waals surface area contributed by atoms with Gasteiger partial charge in [0.2, 0.25) is 0 Å². The van der Waals surface area contributed by atoms with Gasteiger partial charge in [0.25, 0.3) is 5.91 Å². The monoisotopic (exact) mass is 259 g/mol. The Kier molecular flexibility index (Phi) is 3.41. The molecule has 2 aromatic rings. The van der Waals surface area contributed by atoms with Crippen molar-refractivity contribution in [1.82, 2.24) is 25.2 Å². The number of hydrogen-bond donors (Lipinski definition) is 2. The lowest BCUT2D eigenvalue weighted by Gasteiger charge is -2.22. The molecule has 0 aliphatic carbocycles. The summed E-state index contributed by atoms with van der Waals surface area (Å²) >= 11 is 0. The third kappa shape index (κ3) is 2.73. The summed E-state index contributed by atoms with van der Waals surface area (Å²) in [6.45, 7) is 2.81. The number of carbonyl (C=O) groups excluding carboxylic acids is 1. The number of nitrogens with zero attached hydrogens (tertiary/aromatic N) is 3. The van der Waals surface area contributed by atoms with Crippen molar-refractivity contribution >= 4 is 11.6 Å². The van der Waals surface area contributed by atoms with Gasteiger partial charge in [-0.2, -0.15) is 0 Å². The van der Waals surface area contributed by atoms with Crippen LogP contribution in [0.1, 0.15) is 23.2 Å². The van der Waals surface area contributed by atoms with E-state index < -0.39 is 0 Å². The summed E-state index contributed by atoms with van der Waals surface area (Å²) in [6, 6.07) is 3.53. The highest BCUT2D eigenvalue weighted by Gasteiger charge is 2.14. The first kappa shape index (κ1) is 12.1. The molecule has 19 heavy (non-hydrogen) atoms. The molecule has 1 fully saturated rings. The zero-order chi connectivity index (χ0) is 13.1. The fraction of sp³-hybridized carbons (Fsp3) is 0.462. The number of rotatable bonds is 3. The van der Waals surface area contributed by atoms with E-state index >= 15 is 0 Å². The molecule has 0 saturated carbocycles. The summed E-state index contributed by atoms with van der Waals surface area (Å²) in [5.41, 5.74) is 1.32. The fourth-order valence-corrected chi connectivity index (χ4v) is 2.40. The second-order valence-electron chi connectivity index (χ2n) is 4.93. The second-order valence-corrected chi connectivity index (χ2v) is 4.93. The third-order valence-electron chi connectivity index (χ3n) is 3.51. The van der Waals surface area contributed by atoms with Crippen LogP contribution in [0.15, 0.2) is 24.7 Å². The van der Waals surface area contributed by atoms with Crippen molar-refractivity contribution < 1.29 is 4.79 Å². The number of pyridine rings is 1. The number of hydrogen-bond acceptors (Lipinski definition) is 4. The van der Waals surface area contributed by atoms with Gasteiger partial charge >= 0.3 is 0 Å². The van der Waals surface area contributed by atoms with Crippen LogP contribution in [0.3, 0.4) is 0 Å². The summed E-state index contributed by atoms with van der Waals surface area (Å²) < 4.78 is 1.78. The van der Waals surface area contributed by atoms with Gasteiger partial charge in [-0.3, -0.25) is 9.20 Å². The number of piperidine rings is 1. The molecule has 1 saturated heterocycles. The number of nitrogens with one attached hydrogen (secondary N) is 2. The van der Waals surface area contributed by atoms with E-state index in [0.29, 0.717) is 17.1 Å². The van der Waals surface area contributed by atoms with Crippen LogP contribution in [0.2, 0.25) is 0 Å². The van der Waals surface area contributed by atoms with E-state index in [1.165, 1.54) is 12.8 Å². The molecule has 1 unspecified atom stereocenters. The van der Waals surface area contributed by atoms with Crippen LogP contribution in [0.4, 0.5) is 0 Å². The van der Waals surface area contributed by atoms with Gasteiger partial charge in [0.1, 0.15) is 6.33 Å². The van der Waals surface area contributed by atoms with Gasteiger partial charge in [-0.25, -0.2) is 0 Å². The van der Waals surface area contributed by atoms with E-state index in [-0.39, 0.29) is 5.91 Å². The molecule has 1 amide bonds. The molecule has 2 aromatic heterocycles. The standard InChI is InChI=1S/C13H17N5O/c19-13(15-8-10-2-1-4-14-7-10)11-3-5-18-9-16-17-12(18)6-11/h3,5-6,9-10,14H,1-2,4,7-8H2,(H,15,19). The Hall–Kier alpha value is -1.95. The molecule has 0 bridgehead atoms. The van der Waals surface area contributed by atoms with Crippen molar-refractivity contribution in [1.29, 1.82) is 0 Å². The van der Waals surface area contributed by atoms with Crippen molar-refractivity contribution in [2.24, 2.45) is 5.92 Å². The lowest BCUT2D eigenvalue weighted by atomic mass is 10.00. The number of amides is 1. The molecule has 100 valence electrons. The molecule has 3 rings (SSSR count). The lowest BCUT2D eigenvalue weighted by molar-refractivity contribution is 0.0945. The number of aromatic nitrogens is 3. The van der Waals surface area contributed by atoms with E-state index in [9.17, 15) is 4.79 Å². The molecule has 1 aliphatic rings. The van der Waals surface area contributed by atoms with Gasteiger partial charge in [0, 0.05) is 18.3 Å². The van der Waals surface area contributed by atoms with Gasteiger partial charge in [0.15, 0.2) is 5.65 Å². The van der Waals surface area contributed by atoms with Crippen molar-refractivity contribution in [3.8, 4) is 0 Å². The van der Waals surface area contributed by atoms with Crippen molar-refractivity contribution in [3.63, 3.8) is 0 Å². The lowest BCUT2D eigenvalue weighted by Crippen LogP contribution is -2.38. The summed E-state index contributed by atoms with van der Waals surface area (Å²) in [7, 11) is 0. The topological polar surface area (TPSA) is 71.3 Å². The van der Waals surface area contributed by atoms with E-state index in [0.717, 1.165) is 19.6 Å². The molecular formula is C13H17N5O. The van der Waals surface area contributed by atoms with Crippen LogP contribution < -0.4 is 10.6 Å². The first-order valence-electron chi connectivity index (χ1n) is 6.61. The van der Waals surface area contributed by atoms with Crippen molar-refractivity contribution in [2.75, 3.05) is 19.6 Å². The van der Waals surface area contributed by atoms with Crippen LogP contribution >= 0.6 is 0 Å². The Bertz CT molecular complexity index is 573. The predicted octanol–water partition coefficient (Wildman–Crippen LogP) is 0.459. The van der Waals surface area contributed by atoms with E-state index in [4.69, 9.17) is 0 Å². The molecule has 3 heterocycles. The summed E-state index contributed by atoms with van der Waals surface area (Å²) in [5.74, 6) is 0.491. The Balaban J connectivity index is 1.62. The molecule has 6 heteroatoms.